The second kappa shape index (κ2) is 9.33. The summed E-state index contributed by atoms with van der Waals surface area (Å²) in [6, 6.07) is 9.36. The Kier molecular flexibility index (Phi) is 6.17. The van der Waals surface area contributed by atoms with Crippen LogP contribution in [0.1, 0.15) is 36.0 Å². The van der Waals surface area contributed by atoms with E-state index in [0.717, 1.165) is 44.3 Å². The Labute approximate surface area is 225 Å². The van der Waals surface area contributed by atoms with Gasteiger partial charge in [-0.3, -0.25) is 9.69 Å². The Balaban J connectivity index is 1.28. The number of phenols is 1. The number of hydrogen-bond acceptors (Lipinski definition) is 5. The van der Waals surface area contributed by atoms with Gasteiger partial charge in [-0.25, -0.2) is 0 Å². The fraction of sp³-hybridized carbons (Fsp3) is 0.433. The maximum absolute atomic E-state index is 13.3. The summed E-state index contributed by atoms with van der Waals surface area (Å²) in [5, 5.41) is 10.8. The molecule has 2 bridgehead atoms. The third-order valence-corrected chi connectivity index (χ3v) is 9.12. The average Bonchev–Trinajstić information content (AvgIpc) is 3.24. The molecule has 0 aromatic heterocycles. The number of likely N-dealkylation sites (tertiary alicyclic amines) is 1. The Hall–Kier alpha value is -3.46. The highest BCUT2D eigenvalue weighted by Gasteiger charge is 2.66. The molecule has 6 nitrogen and oxygen atoms in total. The lowest BCUT2D eigenvalue weighted by atomic mass is 9.51. The highest BCUT2D eigenvalue weighted by Crippen LogP contribution is 2.64. The number of ether oxygens (including phenoxy) is 2. The van der Waals surface area contributed by atoms with Gasteiger partial charge in [0.05, 0.1) is 6.04 Å². The lowest BCUT2D eigenvalue weighted by Crippen LogP contribution is -2.68. The Bertz CT molecular complexity index is 1340. The third-order valence-electron chi connectivity index (χ3n) is 9.12. The number of amides is 1. The van der Waals surface area contributed by atoms with Gasteiger partial charge in [0.1, 0.15) is 11.9 Å². The van der Waals surface area contributed by atoms with Crippen LogP contribution in [-0.4, -0.2) is 65.5 Å². The molecular weight excluding hydrogens is 509 g/mol. The van der Waals surface area contributed by atoms with Crippen molar-refractivity contribution in [1.29, 1.82) is 0 Å². The standard InChI is InChI=1S/C30H31F3N2O4/c1-3-14-35-15-13-29-21-9-10-22(28(29)38-27-24(36)11-8-19(26(27)29)17-23(21)35)34(2)25(37)12-7-18-5-4-6-20(16-18)39-30(31,32)33/h3-8,11-12,16,21-23,28,36H,1,9-10,13-15,17H2,2H3/t21-,22-,23+,28-,29-/m0/s1. The molecule has 2 aliphatic carbocycles. The van der Waals surface area contributed by atoms with Crippen molar-refractivity contribution in [3.05, 3.63) is 71.8 Å². The van der Waals surface area contributed by atoms with Crippen LogP contribution in [0, 0.1) is 5.92 Å². The first-order valence-corrected chi connectivity index (χ1v) is 13.3. The van der Waals surface area contributed by atoms with Gasteiger partial charge in [-0.2, -0.15) is 0 Å². The summed E-state index contributed by atoms with van der Waals surface area (Å²) >= 11 is 0. The normalized spacial score (nSPS) is 29.0. The van der Waals surface area contributed by atoms with Gasteiger partial charge in [0.15, 0.2) is 11.5 Å². The van der Waals surface area contributed by atoms with Crippen molar-refractivity contribution < 1.29 is 32.5 Å². The zero-order valence-electron chi connectivity index (χ0n) is 21.7. The van der Waals surface area contributed by atoms with Crippen LogP contribution in [0.3, 0.4) is 0 Å². The van der Waals surface area contributed by atoms with Crippen LogP contribution < -0.4 is 9.47 Å². The molecule has 0 unspecified atom stereocenters. The van der Waals surface area contributed by atoms with E-state index < -0.39 is 6.36 Å². The highest BCUT2D eigenvalue weighted by molar-refractivity contribution is 5.92. The van der Waals surface area contributed by atoms with E-state index in [-0.39, 0.29) is 35.0 Å². The molecule has 2 fully saturated rings. The second-order valence-electron chi connectivity index (χ2n) is 11.0. The zero-order chi connectivity index (χ0) is 27.5. The molecular formula is C30H31F3N2O4. The number of phenolic OH excluding ortho intramolecular Hbond substituents is 1. The molecule has 2 aromatic carbocycles. The Morgan fingerprint density at radius 2 is 2.13 bits per heavy atom. The van der Waals surface area contributed by atoms with Gasteiger partial charge in [-0.15, -0.1) is 19.8 Å². The lowest BCUT2D eigenvalue weighted by molar-refractivity contribution is -0.274. The molecule has 1 N–H and O–H groups in total. The van der Waals surface area contributed by atoms with Crippen molar-refractivity contribution in [3.63, 3.8) is 0 Å². The number of benzene rings is 2. The summed E-state index contributed by atoms with van der Waals surface area (Å²) in [5.74, 6) is 0.431. The predicted molar refractivity (Wildman–Crippen MR) is 140 cm³/mol. The smallest absolute Gasteiger partial charge is 0.504 e. The van der Waals surface area contributed by atoms with Crippen molar-refractivity contribution in [2.75, 3.05) is 20.1 Å². The van der Waals surface area contributed by atoms with Gasteiger partial charge in [0.25, 0.3) is 0 Å². The van der Waals surface area contributed by atoms with E-state index in [1.54, 1.807) is 24.1 Å². The van der Waals surface area contributed by atoms with Crippen LogP contribution in [0.2, 0.25) is 0 Å². The third kappa shape index (κ3) is 4.18. The summed E-state index contributed by atoms with van der Waals surface area (Å²) in [4.78, 5) is 17.5. The molecule has 1 spiro atoms. The highest BCUT2D eigenvalue weighted by atomic mass is 19.4. The summed E-state index contributed by atoms with van der Waals surface area (Å²) in [6.45, 7) is 5.67. The number of nitrogens with zero attached hydrogens (tertiary/aromatic N) is 2. The van der Waals surface area contributed by atoms with E-state index >= 15 is 0 Å². The average molecular weight is 541 g/mol. The van der Waals surface area contributed by atoms with Gasteiger partial charge < -0.3 is 19.5 Å². The predicted octanol–water partition coefficient (Wildman–Crippen LogP) is 5.06. The molecule has 2 aliphatic heterocycles. The van der Waals surface area contributed by atoms with E-state index in [0.29, 0.717) is 23.3 Å². The van der Waals surface area contributed by atoms with Crippen LogP contribution in [0.25, 0.3) is 6.08 Å². The number of piperidine rings is 1. The van der Waals surface area contributed by atoms with Crippen LogP contribution in [-0.2, 0) is 16.6 Å². The van der Waals surface area contributed by atoms with Crippen molar-refractivity contribution in [2.24, 2.45) is 5.92 Å². The number of aromatic hydroxyl groups is 1. The monoisotopic (exact) mass is 540 g/mol. The Morgan fingerprint density at radius 3 is 2.90 bits per heavy atom. The van der Waals surface area contributed by atoms with Gasteiger partial charge in [0.2, 0.25) is 5.91 Å². The van der Waals surface area contributed by atoms with Crippen molar-refractivity contribution in [2.45, 2.75) is 55.6 Å². The number of halogens is 3. The first-order chi connectivity index (χ1) is 18.6. The van der Waals surface area contributed by atoms with Crippen molar-refractivity contribution in [1.82, 2.24) is 9.80 Å². The maximum Gasteiger partial charge on any atom is 0.573 e. The SMILES string of the molecule is C=CCN1CC[C@]23c4c5ccc(O)c4O[C@H]2[C@@H](N(C)C(=O)C=Cc2cccc(OC(F)(F)F)c2)CC[C@H]3[C@H]1C5. The van der Waals surface area contributed by atoms with Crippen LogP contribution in [0.5, 0.6) is 17.2 Å². The topological polar surface area (TPSA) is 62.2 Å². The minimum absolute atomic E-state index is 0.136. The van der Waals surface area contributed by atoms with E-state index in [9.17, 15) is 23.1 Å². The van der Waals surface area contributed by atoms with Crippen molar-refractivity contribution >= 4 is 12.0 Å². The summed E-state index contributed by atoms with van der Waals surface area (Å²) in [6.07, 6.45) is 3.19. The lowest BCUT2D eigenvalue weighted by Gasteiger charge is -2.60. The molecule has 5 atom stereocenters. The molecule has 9 heteroatoms. The maximum atomic E-state index is 13.3. The molecule has 0 radical (unpaired) electrons. The van der Waals surface area contributed by atoms with E-state index in [1.165, 1.54) is 35.9 Å². The number of carbonyl (C=O) groups excluding carboxylic acids is 1. The molecule has 2 aromatic rings. The Morgan fingerprint density at radius 1 is 1.31 bits per heavy atom. The number of carbonyl (C=O) groups is 1. The molecule has 6 rings (SSSR count). The molecule has 206 valence electrons. The molecule has 4 aliphatic rings. The zero-order valence-corrected chi connectivity index (χ0v) is 21.7. The number of rotatable bonds is 6. The second-order valence-corrected chi connectivity index (χ2v) is 11.0. The fourth-order valence-electron chi connectivity index (χ4n) is 7.65. The summed E-state index contributed by atoms with van der Waals surface area (Å²) in [7, 11) is 1.75. The minimum Gasteiger partial charge on any atom is -0.504 e. The molecule has 1 saturated carbocycles. The number of hydrogen-bond donors (Lipinski definition) is 1. The van der Waals surface area contributed by atoms with Crippen LogP contribution >= 0.6 is 0 Å². The van der Waals surface area contributed by atoms with Crippen LogP contribution in [0.15, 0.2) is 55.1 Å². The summed E-state index contributed by atoms with van der Waals surface area (Å²) < 4.78 is 48.4. The van der Waals surface area contributed by atoms with Crippen molar-refractivity contribution in [3.8, 4) is 17.2 Å². The first kappa shape index (κ1) is 25.8. The van der Waals surface area contributed by atoms with Crippen LogP contribution in [0.4, 0.5) is 13.2 Å². The first-order valence-electron chi connectivity index (χ1n) is 13.3. The molecule has 2 heterocycles. The van der Waals surface area contributed by atoms with Gasteiger partial charge in [-0.05, 0) is 73.5 Å². The number of likely N-dealkylation sites (N-methyl/N-ethyl adjacent to an activating group) is 1. The van der Waals surface area contributed by atoms with E-state index in [2.05, 4.69) is 16.2 Å². The van der Waals surface area contributed by atoms with E-state index in [1.807, 2.05) is 12.1 Å². The molecule has 39 heavy (non-hydrogen) atoms. The van der Waals surface area contributed by atoms with E-state index in [4.69, 9.17) is 4.74 Å². The molecule has 1 amide bonds. The van der Waals surface area contributed by atoms with Gasteiger partial charge in [0, 0.05) is 36.7 Å². The molecule has 1 saturated heterocycles. The largest absolute Gasteiger partial charge is 0.573 e. The quantitative estimate of drug-likeness (QED) is 0.410. The fourth-order valence-corrected chi connectivity index (χ4v) is 7.65. The van der Waals surface area contributed by atoms with Gasteiger partial charge >= 0.3 is 6.36 Å². The summed E-state index contributed by atoms with van der Waals surface area (Å²) in [5.41, 5.74) is 2.46. The van der Waals surface area contributed by atoms with Gasteiger partial charge in [-0.1, -0.05) is 24.3 Å². The number of alkyl halides is 3. The minimum atomic E-state index is -4.79.